The third-order valence-corrected chi connectivity index (χ3v) is 6.19. The number of nitrogens with zero attached hydrogens (tertiary/aromatic N) is 3. The number of hydrogen-bond donors (Lipinski definition) is 3. The third kappa shape index (κ3) is 7.81. The van der Waals surface area contributed by atoms with E-state index >= 15 is 0 Å². The first kappa shape index (κ1) is 30.6. The van der Waals surface area contributed by atoms with Crippen LogP contribution in [0.5, 0.6) is 5.75 Å². The second-order valence-electron chi connectivity index (χ2n) is 9.57. The highest BCUT2D eigenvalue weighted by molar-refractivity contribution is 5.95. The molecule has 0 aliphatic rings. The SMILES string of the molecule is C.CC(C)Oc1ccc(C(=O)N[C@H](CCO)Cc2ccc(-c3cn4cccc(/C=C/C(=O)O)c4n3)cc2)cc1C#N. The van der Waals surface area contributed by atoms with Gasteiger partial charge < -0.3 is 24.7 Å². The Kier molecular flexibility index (Phi) is 10.4. The average Bonchev–Trinajstić information content (AvgIpc) is 3.37. The van der Waals surface area contributed by atoms with Crippen LogP contribution >= 0.6 is 0 Å². The van der Waals surface area contributed by atoms with E-state index in [9.17, 15) is 20.0 Å². The number of nitriles is 1. The van der Waals surface area contributed by atoms with E-state index in [4.69, 9.17) is 9.84 Å². The number of carbonyl (C=O) groups excluding carboxylic acids is 1. The molecular weight excluding hydrogens is 520 g/mol. The Bertz CT molecular complexity index is 1580. The Morgan fingerprint density at radius 3 is 2.59 bits per heavy atom. The molecule has 0 spiro atoms. The lowest BCUT2D eigenvalue weighted by Gasteiger charge is -2.19. The summed E-state index contributed by atoms with van der Waals surface area (Å²) in [5.41, 5.74) is 4.56. The molecular formula is C32H34N4O5. The summed E-state index contributed by atoms with van der Waals surface area (Å²) >= 11 is 0. The molecule has 0 radical (unpaired) electrons. The molecule has 0 saturated heterocycles. The zero-order chi connectivity index (χ0) is 28.6. The first-order chi connectivity index (χ1) is 19.3. The Morgan fingerprint density at radius 2 is 1.93 bits per heavy atom. The van der Waals surface area contributed by atoms with E-state index < -0.39 is 5.97 Å². The van der Waals surface area contributed by atoms with E-state index in [2.05, 4.69) is 16.4 Å². The molecule has 9 nitrogen and oxygen atoms in total. The van der Waals surface area contributed by atoms with Gasteiger partial charge in [0.25, 0.3) is 5.91 Å². The summed E-state index contributed by atoms with van der Waals surface area (Å²) in [5.74, 6) is -0.930. The van der Waals surface area contributed by atoms with Crippen molar-refractivity contribution in [1.82, 2.24) is 14.7 Å². The number of nitrogens with one attached hydrogen (secondary N) is 1. The van der Waals surface area contributed by atoms with Gasteiger partial charge in [-0.25, -0.2) is 9.78 Å². The van der Waals surface area contributed by atoms with Crippen LogP contribution in [0.4, 0.5) is 0 Å². The number of ether oxygens (including phenoxy) is 1. The molecule has 41 heavy (non-hydrogen) atoms. The summed E-state index contributed by atoms with van der Waals surface area (Å²) in [7, 11) is 0. The van der Waals surface area contributed by atoms with Crippen LogP contribution in [-0.4, -0.2) is 50.2 Å². The molecule has 212 valence electrons. The summed E-state index contributed by atoms with van der Waals surface area (Å²) in [5, 5.41) is 31.0. The number of imidazole rings is 1. The number of carboxylic acid groups (broad SMARTS) is 1. The zero-order valence-corrected chi connectivity index (χ0v) is 22.2. The lowest BCUT2D eigenvalue weighted by Crippen LogP contribution is -2.37. The van der Waals surface area contributed by atoms with Gasteiger partial charge in [-0.1, -0.05) is 31.7 Å². The number of fused-ring (bicyclic) bond motifs is 1. The maximum Gasteiger partial charge on any atom is 0.328 e. The van der Waals surface area contributed by atoms with Crippen molar-refractivity contribution >= 4 is 23.6 Å². The molecule has 0 bridgehead atoms. The summed E-state index contributed by atoms with van der Waals surface area (Å²) < 4.78 is 7.48. The molecule has 0 unspecified atom stereocenters. The Labute approximate surface area is 239 Å². The van der Waals surface area contributed by atoms with Crippen LogP contribution in [0.2, 0.25) is 0 Å². The highest BCUT2D eigenvalue weighted by atomic mass is 16.5. The number of aliphatic carboxylic acids is 1. The van der Waals surface area contributed by atoms with Gasteiger partial charge in [-0.15, -0.1) is 0 Å². The summed E-state index contributed by atoms with van der Waals surface area (Å²) in [6.45, 7) is 3.64. The van der Waals surface area contributed by atoms with Crippen LogP contribution in [0, 0.1) is 11.3 Å². The summed E-state index contributed by atoms with van der Waals surface area (Å²) in [6, 6.07) is 17.9. The maximum absolute atomic E-state index is 13.0. The van der Waals surface area contributed by atoms with Gasteiger partial charge in [-0.2, -0.15) is 5.26 Å². The van der Waals surface area contributed by atoms with E-state index in [0.29, 0.717) is 35.4 Å². The second kappa shape index (κ2) is 13.9. The molecule has 2 heterocycles. The highest BCUT2D eigenvalue weighted by Crippen LogP contribution is 2.23. The number of aromatic nitrogens is 2. The van der Waals surface area contributed by atoms with E-state index in [1.807, 2.05) is 61.0 Å². The number of pyridine rings is 1. The number of carbonyl (C=O) groups is 2. The molecule has 1 amide bonds. The fraction of sp³-hybridized carbons (Fsp3) is 0.250. The van der Waals surface area contributed by atoms with Crippen molar-refractivity contribution in [3.8, 4) is 23.1 Å². The lowest BCUT2D eigenvalue weighted by atomic mass is 10.0. The molecule has 0 aliphatic heterocycles. The fourth-order valence-electron chi connectivity index (χ4n) is 4.33. The first-order valence-corrected chi connectivity index (χ1v) is 12.9. The van der Waals surface area contributed by atoms with Crippen LogP contribution < -0.4 is 10.1 Å². The Hall–Kier alpha value is -4.94. The monoisotopic (exact) mass is 554 g/mol. The van der Waals surface area contributed by atoms with Crippen molar-refractivity contribution < 1.29 is 24.5 Å². The minimum absolute atomic E-state index is 0. The average molecular weight is 555 g/mol. The molecule has 4 aromatic rings. The minimum atomic E-state index is -1.03. The number of aliphatic hydroxyl groups excluding tert-OH is 1. The van der Waals surface area contributed by atoms with Gasteiger partial charge in [0, 0.05) is 47.8 Å². The third-order valence-electron chi connectivity index (χ3n) is 6.19. The predicted octanol–water partition coefficient (Wildman–Crippen LogP) is 5.12. The van der Waals surface area contributed by atoms with Crippen molar-refractivity contribution in [3.05, 3.63) is 95.3 Å². The van der Waals surface area contributed by atoms with Crippen LogP contribution in [0.15, 0.2) is 73.1 Å². The first-order valence-electron chi connectivity index (χ1n) is 12.9. The molecule has 3 N–H and O–H groups in total. The number of hydrogen-bond acceptors (Lipinski definition) is 6. The molecule has 0 aliphatic carbocycles. The molecule has 2 aromatic heterocycles. The van der Waals surface area contributed by atoms with Crippen LogP contribution in [-0.2, 0) is 11.2 Å². The maximum atomic E-state index is 13.0. The lowest BCUT2D eigenvalue weighted by molar-refractivity contribution is -0.131. The summed E-state index contributed by atoms with van der Waals surface area (Å²) in [4.78, 5) is 28.6. The molecule has 0 fully saturated rings. The largest absolute Gasteiger partial charge is 0.490 e. The van der Waals surface area contributed by atoms with Crippen molar-refractivity contribution in [1.29, 1.82) is 5.26 Å². The zero-order valence-electron chi connectivity index (χ0n) is 22.2. The Balaban J connectivity index is 0.00000462. The van der Waals surface area contributed by atoms with E-state index in [1.54, 1.807) is 18.2 Å². The van der Waals surface area contributed by atoms with Gasteiger partial charge in [-0.3, -0.25) is 4.79 Å². The highest BCUT2D eigenvalue weighted by Gasteiger charge is 2.17. The number of carboxylic acids is 1. The van der Waals surface area contributed by atoms with Gasteiger partial charge in [0.15, 0.2) is 0 Å². The van der Waals surface area contributed by atoms with Crippen molar-refractivity contribution in [2.45, 2.75) is 46.3 Å². The molecule has 2 aromatic carbocycles. The number of amides is 1. The van der Waals surface area contributed by atoms with Crippen molar-refractivity contribution in [2.24, 2.45) is 0 Å². The van der Waals surface area contributed by atoms with Crippen LogP contribution in [0.25, 0.3) is 23.0 Å². The van der Waals surface area contributed by atoms with E-state index in [1.165, 1.54) is 12.1 Å². The predicted molar refractivity (Wildman–Crippen MR) is 158 cm³/mol. The smallest absolute Gasteiger partial charge is 0.328 e. The van der Waals surface area contributed by atoms with Gasteiger partial charge in [-0.05, 0) is 68.7 Å². The van der Waals surface area contributed by atoms with Gasteiger partial charge >= 0.3 is 5.97 Å². The second-order valence-corrected chi connectivity index (χ2v) is 9.57. The summed E-state index contributed by atoms with van der Waals surface area (Å²) in [6.07, 6.45) is 7.10. The molecule has 4 rings (SSSR count). The van der Waals surface area contributed by atoms with Gasteiger partial charge in [0.05, 0.1) is 17.4 Å². The normalized spacial score (nSPS) is 11.7. The number of aliphatic hydroxyl groups is 1. The van der Waals surface area contributed by atoms with Crippen LogP contribution in [0.3, 0.4) is 0 Å². The van der Waals surface area contributed by atoms with Gasteiger partial charge in [0.1, 0.15) is 17.5 Å². The number of benzene rings is 2. The standard InChI is InChI=1S/C31H30N4O5.CH4/c1-20(2)40-28-11-9-24(17-25(28)18-32)31(39)33-26(13-15-36)16-21-5-7-22(8-6-21)27-19-35-14-3-4-23(30(35)34-27)10-12-29(37)38;/h3-12,14,17,19-20,26,36H,13,15-16H2,1-2H3,(H,33,39)(H,37,38);1H4/b12-10+;/t26-;/m1./s1. The van der Waals surface area contributed by atoms with Crippen molar-refractivity contribution in [2.75, 3.05) is 6.61 Å². The molecule has 1 atom stereocenters. The number of rotatable bonds is 11. The topological polar surface area (TPSA) is 137 Å². The minimum Gasteiger partial charge on any atom is -0.490 e. The Morgan fingerprint density at radius 1 is 1.17 bits per heavy atom. The van der Waals surface area contributed by atoms with E-state index in [0.717, 1.165) is 22.9 Å². The van der Waals surface area contributed by atoms with E-state index in [-0.39, 0.29) is 37.6 Å². The molecule has 9 heteroatoms. The van der Waals surface area contributed by atoms with Crippen LogP contribution in [0.1, 0.15) is 54.7 Å². The molecule has 0 saturated carbocycles. The van der Waals surface area contributed by atoms with Crippen molar-refractivity contribution in [3.63, 3.8) is 0 Å². The van der Waals surface area contributed by atoms with Gasteiger partial charge in [0.2, 0.25) is 0 Å². The fourth-order valence-corrected chi connectivity index (χ4v) is 4.33. The quantitative estimate of drug-likeness (QED) is 0.219.